The van der Waals surface area contributed by atoms with Gasteiger partial charge in [-0.2, -0.15) is 5.10 Å². The van der Waals surface area contributed by atoms with Crippen LogP contribution in [0.1, 0.15) is 42.7 Å². The van der Waals surface area contributed by atoms with Crippen LogP contribution in [0.15, 0.2) is 45.3 Å². The lowest BCUT2D eigenvalue weighted by atomic mass is 9.91. The number of benzene rings is 1. The minimum atomic E-state index is -0.534. The van der Waals surface area contributed by atoms with Gasteiger partial charge in [0.15, 0.2) is 0 Å². The molecule has 2 aromatic rings. The minimum Gasteiger partial charge on any atom is -0.466 e. The van der Waals surface area contributed by atoms with Crippen LogP contribution >= 0.6 is 27.3 Å². The van der Waals surface area contributed by atoms with Crippen LogP contribution in [0.2, 0.25) is 0 Å². The second kappa shape index (κ2) is 7.32. The van der Waals surface area contributed by atoms with Gasteiger partial charge in [0.1, 0.15) is 5.75 Å². The first-order valence-electron chi connectivity index (χ1n) is 9.90. The zero-order valence-corrected chi connectivity index (χ0v) is 18.5. The molecule has 1 fully saturated rings. The molecule has 0 N–H and O–H groups in total. The number of rotatable bonds is 2. The number of ether oxygens (including phenoxy) is 2. The van der Waals surface area contributed by atoms with E-state index in [1.807, 2.05) is 19.1 Å². The van der Waals surface area contributed by atoms with E-state index < -0.39 is 5.72 Å². The maximum Gasteiger partial charge on any atom is 0.409 e. The third-order valence-electron chi connectivity index (χ3n) is 5.83. The molecular formula is C21H22BrN3O3S. The lowest BCUT2D eigenvalue weighted by Crippen LogP contribution is -2.59. The average Bonchev–Trinajstić information content (AvgIpc) is 3.40. The third kappa shape index (κ3) is 3.22. The SMILES string of the molecule is CCOC(=O)N1CCC2(CC1)Oc1ccc(Br)cc1[C@@H]1CC(c3cccs3)=NN12. The molecule has 152 valence electrons. The fourth-order valence-electron chi connectivity index (χ4n) is 4.43. The quantitative estimate of drug-likeness (QED) is 0.612. The first-order chi connectivity index (χ1) is 14.1. The van der Waals surface area contributed by atoms with Gasteiger partial charge in [0.2, 0.25) is 5.72 Å². The van der Waals surface area contributed by atoms with Crippen LogP contribution in [0, 0.1) is 0 Å². The van der Waals surface area contributed by atoms with Crippen LogP contribution in [0.4, 0.5) is 4.79 Å². The number of halogens is 1. The van der Waals surface area contributed by atoms with Crippen LogP contribution in [0.5, 0.6) is 5.75 Å². The van der Waals surface area contributed by atoms with E-state index in [0.29, 0.717) is 32.5 Å². The Hall–Kier alpha value is -2.06. The van der Waals surface area contributed by atoms with Gasteiger partial charge in [-0.05, 0) is 36.6 Å². The number of fused-ring (bicyclic) bond motifs is 4. The van der Waals surface area contributed by atoms with E-state index in [2.05, 4.69) is 44.5 Å². The van der Waals surface area contributed by atoms with Crippen molar-refractivity contribution in [3.63, 3.8) is 0 Å². The molecule has 8 heteroatoms. The number of thiophene rings is 1. The summed E-state index contributed by atoms with van der Waals surface area (Å²) >= 11 is 5.32. The normalized spacial score (nSPS) is 22.0. The number of carbonyl (C=O) groups is 1. The zero-order valence-electron chi connectivity index (χ0n) is 16.1. The molecule has 29 heavy (non-hydrogen) atoms. The van der Waals surface area contributed by atoms with Crippen LogP contribution in [-0.2, 0) is 4.74 Å². The van der Waals surface area contributed by atoms with Gasteiger partial charge in [-0.25, -0.2) is 9.80 Å². The smallest absolute Gasteiger partial charge is 0.409 e. The maximum atomic E-state index is 12.2. The molecule has 1 saturated heterocycles. The molecule has 6 nitrogen and oxygen atoms in total. The first-order valence-corrected chi connectivity index (χ1v) is 11.6. The Morgan fingerprint density at radius 1 is 1.38 bits per heavy atom. The van der Waals surface area contributed by atoms with Crippen molar-refractivity contribution < 1.29 is 14.3 Å². The van der Waals surface area contributed by atoms with Crippen LogP contribution in [0.25, 0.3) is 0 Å². The number of likely N-dealkylation sites (tertiary alicyclic amines) is 1. The lowest BCUT2D eigenvalue weighted by Gasteiger charge is -2.51. The predicted octanol–water partition coefficient (Wildman–Crippen LogP) is 5.00. The topological polar surface area (TPSA) is 54.4 Å². The molecule has 3 aliphatic heterocycles. The lowest BCUT2D eigenvalue weighted by molar-refractivity contribution is -0.147. The Labute approximate surface area is 182 Å². The number of nitrogens with zero attached hydrogens (tertiary/aromatic N) is 3. The highest BCUT2D eigenvalue weighted by molar-refractivity contribution is 9.10. The van der Waals surface area contributed by atoms with Crippen molar-refractivity contribution in [3.8, 4) is 5.75 Å². The summed E-state index contributed by atoms with van der Waals surface area (Å²) in [5.41, 5.74) is 1.73. The fraction of sp³-hybridized carbons (Fsp3) is 0.429. The van der Waals surface area contributed by atoms with Gasteiger partial charge < -0.3 is 14.4 Å². The van der Waals surface area contributed by atoms with Gasteiger partial charge in [0.05, 0.1) is 23.2 Å². The molecule has 0 radical (unpaired) electrons. The largest absolute Gasteiger partial charge is 0.466 e. The van der Waals surface area contributed by atoms with E-state index in [-0.39, 0.29) is 12.1 Å². The molecule has 0 aliphatic carbocycles. The number of hydrogen-bond donors (Lipinski definition) is 0. The first kappa shape index (κ1) is 18.9. The summed E-state index contributed by atoms with van der Waals surface area (Å²) < 4.78 is 12.8. The fourth-order valence-corrected chi connectivity index (χ4v) is 5.53. The monoisotopic (exact) mass is 475 g/mol. The zero-order chi connectivity index (χ0) is 20.0. The minimum absolute atomic E-state index is 0.141. The van der Waals surface area contributed by atoms with Gasteiger partial charge in [-0.15, -0.1) is 11.3 Å². The number of piperidine rings is 1. The van der Waals surface area contributed by atoms with Gasteiger partial charge in [-0.3, -0.25) is 0 Å². The van der Waals surface area contributed by atoms with E-state index in [1.54, 1.807) is 16.2 Å². The van der Waals surface area contributed by atoms with Crippen molar-refractivity contribution in [2.75, 3.05) is 19.7 Å². The summed E-state index contributed by atoms with van der Waals surface area (Å²) in [6, 6.07) is 10.5. The summed E-state index contributed by atoms with van der Waals surface area (Å²) in [6.07, 6.45) is 2.00. The number of amides is 1. The van der Waals surface area contributed by atoms with Crippen molar-refractivity contribution in [1.82, 2.24) is 9.91 Å². The van der Waals surface area contributed by atoms with Gasteiger partial charge in [-0.1, -0.05) is 22.0 Å². The second-order valence-electron chi connectivity index (χ2n) is 7.50. The Kier molecular flexibility index (Phi) is 4.78. The van der Waals surface area contributed by atoms with Crippen molar-refractivity contribution in [1.29, 1.82) is 0 Å². The molecule has 1 atom stereocenters. The number of carbonyl (C=O) groups excluding carboxylic acids is 1. The predicted molar refractivity (Wildman–Crippen MR) is 115 cm³/mol. The highest BCUT2D eigenvalue weighted by Gasteiger charge is 2.52. The molecule has 1 aromatic carbocycles. The molecule has 1 aromatic heterocycles. The summed E-state index contributed by atoms with van der Waals surface area (Å²) in [4.78, 5) is 15.1. The Morgan fingerprint density at radius 3 is 2.93 bits per heavy atom. The van der Waals surface area contributed by atoms with Crippen LogP contribution in [0.3, 0.4) is 0 Å². The van der Waals surface area contributed by atoms with Gasteiger partial charge >= 0.3 is 6.09 Å². The molecule has 3 aliphatic rings. The number of hydrazone groups is 1. The van der Waals surface area contributed by atoms with E-state index in [0.717, 1.165) is 27.9 Å². The van der Waals surface area contributed by atoms with Crippen molar-refractivity contribution in [2.24, 2.45) is 5.10 Å². The van der Waals surface area contributed by atoms with E-state index >= 15 is 0 Å². The third-order valence-corrected chi connectivity index (χ3v) is 7.25. The van der Waals surface area contributed by atoms with Gasteiger partial charge in [0.25, 0.3) is 0 Å². The Bertz CT molecular complexity index is 954. The van der Waals surface area contributed by atoms with Crippen molar-refractivity contribution >= 4 is 39.1 Å². The van der Waals surface area contributed by atoms with Crippen molar-refractivity contribution in [3.05, 3.63) is 50.6 Å². The second-order valence-corrected chi connectivity index (χ2v) is 9.37. The highest BCUT2D eigenvalue weighted by atomic mass is 79.9. The van der Waals surface area contributed by atoms with E-state index in [9.17, 15) is 4.79 Å². The molecule has 0 unspecified atom stereocenters. The van der Waals surface area contributed by atoms with Crippen LogP contribution in [-0.4, -0.2) is 47.1 Å². The molecule has 0 saturated carbocycles. The van der Waals surface area contributed by atoms with Crippen molar-refractivity contribution in [2.45, 2.75) is 38.0 Å². The molecule has 4 heterocycles. The highest BCUT2D eigenvalue weighted by Crippen LogP contribution is 2.50. The Morgan fingerprint density at radius 2 is 2.21 bits per heavy atom. The summed E-state index contributed by atoms with van der Waals surface area (Å²) in [6.45, 7) is 3.41. The number of hydrogen-bond acceptors (Lipinski definition) is 6. The molecule has 1 amide bonds. The average molecular weight is 476 g/mol. The summed E-state index contributed by atoms with van der Waals surface area (Å²) in [5, 5.41) is 9.30. The Balaban J connectivity index is 1.49. The summed E-state index contributed by atoms with van der Waals surface area (Å²) in [5.74, 6) is 0.918. The molecule has 0 bridgehead atoms. The standard InChI is InChI=1S/C21H22BrN3O3S/c1-2-27-20(26)24-9-7-21(8-10-24)25-17(13-16(23-25)19-4-3-11-29-19)15-12-14(22)5-6-18(15)28-21/h3-6,11-12,17H,2,7-10,13H2,1H3/t17-/m0/s1. The van der Waals surface area contributed by atoms with Gasteiger partial charge in [0, 0.05) is 42.4 Å². The van der Waals surface area contributed by atoms with E-state index in [4.69, 9.17) is 14.6 Å². The van der Waals surface area contributed by atoms with Crippen LogP contribution < -0.4 is 4.74 Å². The molecular weight excluding hydrogens is 454 g/mol. The van der Waals surface area contributed by atoms with E-state index in [1.165, 1.54) is 4.88 Å². The molecule has 1 spiro atoms. The maximum absolute atomic E-state index is 12.2. The molecule has 5 rings (SSSR count). The summed E-state index contributed by atoms with van der Waals surface area (Å²) in [7, 11) is 0.